The molecule has 0 bridgehead atoms. The molecule has 0 spiro atoms. The Morgan fingerprint density at radius 1 is 1.11 bits per heavy atom. The van der Waals surface area contributed by atoms with Gasteiger partial charge >= 0.3 is 24.1 Å². The van der Waals surface area contributed by atoms with E-state index >= 15 is 0 Å². The first-order valence-corrected chi connectivity index (χ1v) is 11.2. The molecule has 3 atom stereocenters. The number of likely N-dealkylation sites (tertiary alicyclic amines) is 1. The van der Waals surface area contributed by atoms with Gasteiger partial charge in [0.25, 0.3) is 0 Å². The second kappa shape index (κ2) is 11.2. The maximum absolute atomic E-state index is 12.8. The van der Waals surface area contributed by atoms with Crippen LogP contribution in [-0.4, -0.2) is 56.2 Å². The molecular formula is C25H23F3N4O6. The summed E-state index contributed by atoms with van der Waals surface area (Å²) >= 11 is 0. The van der Waals surface area contributed by atoms with Crippen LogP contribution >= 0.6 is 0 Å². The number of aromatic nitrogens is 1. The zero-order valence-corrected chi connectivity index (χ0v) is 19.8. The van der Waals surface area contributed by atoms with Gasteiger partial charge < -0.3 is 21.3 Å². The predicted octanol–water partition coefficient (Wildman–Crippen LogP) is 3.38. The Labute approximate surface area is 213 Å². The fraction of sp³-hybridized carbons (Fsp3) is 0.240. The number of benzene rings is 2. The molecule has 38 heavy (non-hydrogen) atoms. The lowest BCUT2D eigenvalue weighted by Gasteiger charge is -2.43. The van der Waals surface area contributed by atoms with Crippen molar-refractivity contribution in [1.29, 1.82) is 0 Å². The van der Waals surface area contributed by atoms with Crippen molar-refractivity contribution in [3.05, 3.63) is 71.9 Å². The summed E-state index contributed by atoms with van der Waals surface area (Å²) in [6, 6.07) is 14.4. The number of hydrogen-bond donors (Lipinski definition) is 4. The Kier molecular flexibility index (Phi) is 8.19. The van der Waals surface area contributed by atoms with Gasteiger partial charge in [0.2, 0.25) is 5.91 Å². The SMILES string of the molecule is C[C@@H](NC(=O)N1C(=O)C(Cc2ccnc(N)c2)C1C(=O)O)c1cccc2ccccc12.O=C(O)C(F)(F)F. The number of halogens is 3. The molecule has 3 aromatic rings. The number of rotatable bonds is 5. The molecule has 5 N–H and O–H groups in total. The molecule has 2 heterocycles. The highest BCUT2D eigenvalue weighted by molar-refractivity contribution is 6.07. The fourth-order valence-corrected chi connectivity index (χ4v) is 4.09. The summed E-state index contributed by atoms with van der Waals surface area (Å²) in [5, 5.41) is 21.6. The summed E-state index contributed by atoms with van der Waals surface area (Å²) in [5.41, 5.74) is 7.24. The number of nitrogens with two attached hydrogens (primary N) is 1. The standard InChI is InChI=1S/C23H22N4O4.C2HF3O2/c1-13(16-8-4-6-15-5-2-3-7-17(15)16)26-23(31)27-20(22(29)30)18(21(27)28)11-14-9-10-25-19(24)12-14;3-2(4,5)1(6)7/h2-10,12-13,18,20H,11H2,1H3,(H2,24,25)(H,26,31)(H,29,30);(H,6,7)/t13-,18?,20?;/m1./s1. The van der Waals surface area contributed by atoms with Crippen LogP contribution < -0.4 is 11.1 Å². The number of aliphatic carboxylic acids is 2. The number of carbonyl (C=O) groups excluding carboxylic acids is 2. The van der Waals surface area contributed by atoms with Crippen molar-refractivity contribution in [2.45, 2.75) is 31.6 Å². The molecule has 13 heteroatoms. The van der Waals surface area contributed by atoms with Crippen LogP contribution in [-0.2, 0) is 20.8 Å². The van der Waals surface area contributed by atoms with E-state index in [1.165, 1.54) is 6.20 Å². The van der Waals surface area contributed by atoms with Gasteiger partial charge in [-0.05, 0) is 47.4 Å². The Bertz CT molecular complexity index is 1380. The van der Waals surface area contributed by atoms with E-state index in [1.807, 2.05) is 42.5 Å². The van der Waals surface area contributed by atoms with Crippen LogP contribution in [0.4, 0.5) is 23.8 Å². The van der Waals surface area contributed by atoms with Gasteiger partial charge in [-0.3, -0.25) is 4.79 Å². The molecule has 2 unspecified atom stereocenters. The minimum atomic E-state index is -5.08. The van der Waals surface area contributed by atoms with Gasteiger partial charge in [-0.1, -0.05) is 42.5 Å². The van der Waals surface area contributed by atoms with Crippen molar-refractivity contribution in [3.63, 3.8) is 0 Å². The number of nitrogens with zero attached hydrogens (tertiary/aromatic N) is 2. The average molecular weight is 532 g/mol. The fourth-order valence-electron chi connectivity index (χ4n) is 4.09. The molecule has 1 aromatic heterocycles. The number of amides is 3. The second-order valence-corrected chi connectivity index (χ2v) is 8.43. The summed E-state index contributed by atoms with van der Waals surface area (Å²) in [4.78, 5) is 50.9. The van der Waals surface area contributed by atoms with Gasteiger partial charge in [0.1, 0.15) is 5.82 Å². The van der Waals surface area contributed by atoms with Crippen molar-refractivity contribution in [2.24, 2.45) is 5.92 Å². The van der Waals surface area contributed by atoms with E-state index in [4.69, 9.17) is 15.6 Å². The number of alkyl halides is 3. The Morgan fingerprint density at radius 3 is 2.34 bits per heavy atom. The first-order valence-electron chi connectivity index (χ1n) is 11.2. The van der Waals surface area contributed by atoms with Crippen LogP contribution in [0.15, 0.2) is 60.8 Å². The van der Waals surface area contributed by atoms with E-state index in [2.05, 4.69) is 10.3 Å². The number of carbonyl (C=O) groups is 4. The largest absolute Gasteiger partial charge is 0.490 e. The number of carboxylic acid groups (broad SMARTS) is 2. The number of imide groups is 1. The van der Waals surface area contributed by atoms with Crippen molar-refractivity contribution >= 4 is 40.5 Å². The lowest BCUT2D eigenvalue weighted by molar-refractivity contribution is -0.192. The molecule has 4 rings (SSSR count). The molecule has 2 aromatic carbocycles. The molecule has 1 fully saturated rings. The van der Waals surface area contributed by atoms with Crippen molar-refractivity contribution in [3.8, 4) is 0 Å². The van der Waals surface area contributed by atoms with Crippen LogP contribution in [0.3, 0.4) is 0 Å². The van der Waals surface area contributed by atoms with E-state index in [0.717, 1.165) is 21.2 Å². The summed E-state index contributed by atoms with van der Waals surface area (Å²) in [6.07, 6.45) is -3.41. The van der Waals surface area contributed by atoms with Crippen LogP contribution in [0.2, 0.25) is 0 Å². The number of anilines is 1. The van der Waals surface area contributed by atoms with Gasteiger partial charge in [0.15, 0.2) is 6.04 Å². The van der Waals surface area contributed by atoms with Crippen molar-refractivity contribution < 1.29 is 42.6 Å². The van der Waals surface area contributed by atoms with E-state index in [0.29, 0.717) is 5.56 Å². The number of fused-ring (bicyclic) bond motifs is 1. The average Bonchev–Trinajstić information content (AvgIpc) is 2.84. The van der Waals surface area contributed by atoms with Gasteiger partial charge in [-0.25, -0.2) is 24.3 Å². The predicted molar refractivity (Wildman–Crippen MR) is 129 cm³/mol. The van der Waals surface area contributed by atoms with E-state index in [-0.39, 0.29) is 12.2 Å². The second-order valence-electron chi connectivity index (χ2n) is 8.43. The van der Waals surface area contributed by atoms with Gasteiger partial charge in [0.05, 0.1) is 12.0 Å². The molecular weight excluding hydrogens is 509 g/mol. The van der Waals surface area contributed by atoms with Gasteiger partial charge in [-0.15, -0.1) is 0 Å². The first-order chi connectivity index (χ1) is 17.8. The number of nitrogens with one attached hydrogen (secondary N) is 1. The molecule has 1 aliphatic heterocycles. The summed E-state index contributed by atoms with van der Waals surface area (Å²) in [5.74, 6) is -5.05. The van der Waals surface area contributed by atoms with Gasteiger partial charge in [0, 0.05) is 6.20 Å². The molecule has 200 valence electrons. The zero-order chi connectivity index (χ0) is 28.2. The Balaban J connectivity index is 0.000000505. The zero-order valence-electron chi connectivity index (χ0n) is 19.8. The molecule has 1 aliphatic rings. The van der Waals surface area contributed by atoms with Crippen LogP contribution in [0.5, 0.6) is 0 Å². The Hall–Kier alpha value is -4.68. The maximum atomic E-state index is 12.8. The first kappa shape index (κ1) is 27.9. The number of nitrogen functional groups attached to an aromatic ring is 1. The number of β-lactam (4-membered cyclic amide) rings is 1. The molecule has 0 saturated carbocycles. The molecule has 1 saturated heterocycles. The Morgan fingerprint density at radius 2 is 1.74 bits per heavy atom. The van der Waals surface area contributed by atoms with Gasteiger partial charge in [-0.2, -0.15) is 13.2 Å². The monoisotopic (exact) mass is 532 g/mol. The summed E-state index contributed by atoms with van der Waals surface area (Å²) in [6.45, 7) is 1.80. The van der Waals surface area contributed by atoms with E-state index in [9.17, 15) is 32.7 Å². The normalized spacial score (nSPS) is 17.6. The van der Waals surface area contributed by atoms with E-state index in [1.54, 1.807) is 19.1 Å². The number of urea groups is 1. The molecule has 0 aliphatic carbocycles. The summed E-state index contributed by atoms with van der Waals surface area (Å²) < 4.78 is 31.7. The summed E-state index contributed by atoms with van der Waals surface area (Å²) in [7, 11) is 0. The highest BCUT2D eigenvalue weighted by Crippen LogP contribution is 2.32. The van der Waals surface area contributed by atoms with E-state index < -0.39 is 48.1 Å². The highest BCUT2D eigenvalue weighted by Gasteiger charge is 2.54. The lowest BCUT2D eigenvalue weighted by atomic mass is 9.82. The van der Waals surface area contributed by atoms with Crippen molar-refractivity contribution in [1.82, 2.24) is 15.2 Å². The number of hydrogen-bond acceptors (Lipinski definition) is 6. The minimum absolute atomic E-state index is 0.172. The smallest absolute Gasteiger partial charge is 0.480 e. The third-order valence-corrected chi connectivity index (χ3v) is 5.86. The number of pyridine rings is 1. The maximum Gasteiger partial charge on any atom is 0.490 e. The molecule has 10 nitrogen and oxygen atoms in total. The third-order valence-electron chi connectivity index (χ3n) is 5.86. The quantitative estimate of drug-likeness (QED) is 0.364. The lowest BCUT2D eigenvalue weighted by Crippen LogP contribution is -2.68. The minimum Gasteiger partial charge on any atom is -0.480 e. The third kappa shape index (κ3) is 6.17. The van der Waals surface area contributed by atoms with Crippen LogP contribution in [0.1, 0.15) is 24.1 Å². The van der Waals surface area contributed by atoms with Crippen molar-refractivity contribution in [2.75, 3.05) is 5.73 Å². The number of carboxylic acids is 2. The molecule has 0 radical (unpaired) electrons. The topological polar surface area (TPSA) is 163 Å². The molecule has 3 amide bonds. The van der Waals surface area contributed by atoms with Crippen LogP contribution in [0.25, 0.3) is 10.8 Å². The van der Waals surface area contributed by atoms with Crippen LogP contribution in [0, 0.1) is 5.92 Å². The highest BCUT2D eigenvalue weighted by atomic mass is 19.4.